The number of aryl methyl sites for hydroxylation is 1. The van der Waals surface area contributed by atoms with E-state index in [1.165, 1.54) is 10.9 Å². The SMILES string of the molecule is Cc1cccc(NCc2ccc3[nH]ccc3c2)c1C#N. The predicted octanol–water partition coefficient (Wildman–Crippen LogP) is 3.96. The number of hydrogen-bond acceptors (Lipinski definition) is 2. The average Bonchev–Trinajstić information content (AvgIpc) is 2.92. The Morgan fingerprint density at radius 1 is 1.20 bits per heavy atom. The van der Waals surface area contributed by atoms with Crippen LogP contribution in [0.3, 0.4) is 0 Å². The Morgan fingerprint density at radius 3 is 2.95 bits per heavy atom. The molecule has 0 amide bonds. The van der Waals surface area contributed by atoms with Crippen LogP contribution < -0.4 is 5.32 Å². The van der Waals surface area contributed by atoms with Crippen LogP contribution in [-0.2, 0) is 6.54 Å². The van der Waals surface area contributed by atoms with Gasteiger partial charge in [-0.05, 0) is 47.7 Å². The quantitative estimate of drug-likeness (QED) is 0.749. The van der Waals surface area contributed by atoms with Crippen molar-refractivity contribution in [3.8, 4) is 6.07 Å². The zero-order chi connectivity index (χ0) is 13.9. The minimum absolute atomic E-state index is 0.708. The summed E-state index contributed by atoms with van der Waals surface area (Å²) < 4.78 is 0. The van der Waals surface area contributed by atoms with Crippen LogP contribution in [0, 0.1) is 18.3 Å². The first kappa shape index (κ1) is 12.3. The molecular weight excluding hydrogens is 246 g/mol. The molecule has 1 aromatic heterocycles. The smallest absolute Gasteiger partial charge is 0.102 e. The second kappa shape index (κ2) is 5.10. The molecule has 3 rings (SSSR count). The first-order valence-electron chi connectivity index (χ1n) is 6.57. The van der Waals surface area contributed by atoms with Crippen molar-refractivity contribution in [3.63, 3.8) is 0 Å². The van der Waals surface area contributed by atoms with Gasteiger partial charge in [0.25, 0.3) is 0 Å². The molecule has 0 saturated heterocycles. The second-order valence-electron chi connectivity index (χ2n) is 4.86. The number of aromatic amines is 1. The highest BCUT2D eigenvalue weighted by Crippen LogP contribution is 2.20. The van der Waals surface area contributed by atoms with Crippen molar-refractivity contribution in [2.75, 3.05) is 5.32 Å². The number of nitrogens with one attached hydrogen (secondary N) is 2. The minimum Gasteiger partial charge on any atom is -0.380 e. The third-order valence-corrected chi connectivity index (χ3v) is 3.49. The van der Waals surface area contributed by atoms with Crippen molar-refractivity contribution >= 4 is 16.6 Å². The lowest BCUT2D eigenvalue weighted by Gasteiger charge is -2.10. The van der Waals surface area contributed by atoms with Crippen molar-refractivity contribution in [1.29, 1.82) is 5.26 Å². The number of H-pyrrole nitrogens is 1. The molecule has 0 unspecified atom stereocenters. The molecular formula is C17H15N3. The van der Waals surface area contributed by atoms with Gasteiger partial charge in [0.2, 0.25) is 0 Å². The van der Waals surface area contributed by atoms with E-state index in [1.807, 2.05) is 31.3 Å². The molecule has 0 aliphatic rings. The van der Waals surface area contributed by atoms with Gasteiger partial charge in [-0.2, -0.15) is 5.26 Å². The maximum absolute atomic E-state index is 9.22. The van der Waals surface area contributed by atoms with E-state index in [4.69, 9.17) is 0 Å². The molecule has 0 bridgehead atoms. The molecule has 20 heavy (non-hydrogen) atoms. The van der Waals surface area contributed by atoms with Gasteiger partial charge in [-0.3, -0.25) is 0 Å². The number of aromatic nitrogens is 1. The summed E-state index contributed by atoms with van der Waals surface area (Å²) >= 11 is 0. The maximum atomic E-state index is 9.22. The summed E-state index contributed by atoms with van der Waals surface area (Å²) in [5.74, 6) is 0. The summed E-state index contributed by atoms with van der Waals surface area (Å²) in [6.07, 6.45) is 1.94. The summed E-state index contributed by atoms with van der Waals surface area (Å²) in [5.41, 5.74) is 4.94. The van der Waals surface area contributed by atoms with E-state index < -0.39 is 0 Å². The zero-order valence-electron chi connectivity index (χ0n) is 11.3. The summed E-state index contributed by atoms with van der Waals surface area (Å²) in [7, 11) is 0. The van der Waals surface area contributed by atoms with E-state index in [0.717, 1.165) is 22.3 Å². The fourth-order valence-corrected chi connectivity index (χ4v) is 2.37. The van der Waals surface area contributed by atoms with Gasteiger partial charge in [-0.1, -0.05) is 18.2 Å². The van der Waals surface area contributed by atoms with Gasteiger partial charge < -0.3 is 10.3 Å². The lowest BCUT2D eigenvalue weighted by atomic mass is 10.1. The van der Waals surface area contributed by atoms with Crippen molar-refractivity contribution < 1.29 is 0 Å². The number of nitrogens with zero attached hydrogens (tertiary/aromatic N) is 1. The number of rotatable bonds is 3. The van der Waals surface area contributed by atoms with Crippen molar-refractivity contribution in [2.45, 2.75) is 13.5 Å². The molecule has 2 N–H and O–H groups in total. The molecule has 0 atom stereocenters. The van der Waals surface area contributed by atoms with Gasteiger partial charge in [0.15, 0.2) is 0 Å². The van der Waals surface area contributed by atoms with Crippen LogP contribution in [-0.4, -0.2) is 4.98 Å². The minimum atomic E-state index is 0.708. The molecule has 0 saturated carbocycles. The maximum Gasteiger partial charge on any atom is 0.102 e. The number of nitriles is 1. The fraction of sp³-hybridized carbons (Fsp3) is 0.118. The fourth-order valence-electron chi connectivity index (χ4n) is 2.37. The number of fused-ring (bicyclic) bond motifs is 1. The Hall–Kier alpha value is -2.73. The molecule has 2 aromatic carbocycles. The van der Waals surface area contributed by atoms with Crippen LogP contribution in [0.2, 0.25) is 0 Å². The van der Waals surface area contributed by atoms with Crippen LogP contribution in [0.1, 0.15) is 16.7 Å². The van der Waals surface area contributed by atoms with E-state index in [-0.39, 0.29) is 0 Å². The summed E-state index contributed by atoms with van der Waals surface area (Å²) in [4.78, 5) is 3.18. The highest BCUT2D eigenvalue weighted by atomic mass is 14.9. The van der Waals surface area contributed by atoms with Gasteiger partial charge >= 0.3 is 0 Å². The molecule has 3 nitrogen and oxygen atoms in total. The van der Waals surface area contributed by atoms with Gasteiger partial charge in [-0.25, -0.2) is 0 Å². The standard InChI is InChI=1S/C17H15N3/c1-12-3-2-4-17(15(12)10-18)20-11-13-5-6-16-14(9-13)7-8-19-16/h2-9,19-20H,11H2,1H3. The molecule has 0 aliphatic carbocycles. The number of hydrogen-bond donors (Lipinski definition) is 2. The van der Waals surface area contributed by atoms with Crippen molar-refractivity contribution in [2.24, 2.45) is 0 Å². The highest BCUT2D eigenvalue weighted by molar-refractivity contribution is 5.80. The normalized spacial score (nSPS) is 10.4. The third kappa shape index (κ3) is 2.24. The van der Waals surface area contributed by atoms with Crippen LogP contribution in [0.15, 0.2) is 48.7 Å². The Balaban J connectivity index is 1.83. The monoisotopic (exact) mass is 261 g/mol. The van der Waals surface area contributed by atoms with Crippen molar-refractivity contribution in [1.82, 2.24) is 4.98 Å². The van der Waals surface area contributed by atoms with E-state index in [0.29, 0.717) is 6.54 Å². The molecule has 0 aliphatic heterocycles. The van der Waals surface area contributed by atoms with Gasteiger partial charge in [0, 0.05) is 18.3 Å². The molecule has 0 fully saturated rings. The first-order valence-corrected chi connectivity index (χ1v) is 6.57. The van der Waals surface area contributed by atoms with E-state index in [2.05, 4.69) is 40.6 Å². The molecule has 0 radical (unpaired) electrons. The Labute approximate surface area is 117 Å². The largest absolute Gasteiger partial charge is 0.380 e. The van der Waals surface area contributed by atoms with E-state index >= 15 is 0 Å². The first-order chi connectivity index (χ1) is 9.78. The molecule has 1 heterocycles. The summed E-state index contributed by atoms with van der Waals surface area (Å²) in [5, 5.41) is 13.8. The second-order valence-corrected chi connectivity index (χ2v) is 4.86. The molecule has 3 aromatic rings. The average molecular weight is 261 g/mol. The van der Waals surface area contributed by atoms with Gasteiger partial charge in [0.1, 0.15) is 6.07 Å². The van der Waals surface area contributed by atoms with Crippen LogP contribution >= 0.6 is 0 Å². The van der Waals surface area contributed by atoms with Crippen molar-refractivity contribution in [3.05, 3.63) is 65.4 Å². The lowest BCUT2D eigenvalue weighted by molar-refractivity contribution is 1.15. The van der Waals surface area contributed by atoms with Crippen LogP contribution in [0.5, 0.6) is 0 Å². The lowest BCUT2D eigenvalue weighted by Crippen LogP contribution is -2.02. The molecule has 98 valence electrons. The third-order valence-electron chi connectivity index (χ3n) is 3.49. The highest BCUT2D eigenvalue weighted by Gasteiger charge is 2.04. The van der Waals surface area contributed by atoms with Gasteiger partial charge in [-0.15, -0.1) is 0 Å². The molecule has 3 heteroatoms. The zero-order valence-corrected chi connectivity index (χ0v) is 11.3. The summed E-state index contributed by atoms with van der Waals surface area (Å²) in [6.45, 7) is 2.66. The van der Waals surface area contributed by atoms with Crippen LogP contribution in [0.25, 0.3) is 10.9 Å². The molecule has 0 spiro atoms. The van der Waals surface area contributed by atoms with Gasteiger partial charge in [0.05, 0.1) is 11.3 Å². The Kier molecular flexibility index (Phi) is 3.14. The van der Waals surface area contributed by atoms with Crippen LogP contribution in [0.4, 0.5) is 5.69 Å². The Bertz CT molecular complexity index is 793. The number of anilines is 1. The Morgan fingerprint density at radius 2 is 2.10 bits per heavy atom. The van der Waals surface area contributed by atoms with E-state index in [1.54, 1.807) is 0 Å². The van der Waals surface area contributed by atoms with E-state index in [9.17, 15) is 5.26 Å². The number of benzene rings is 2. The topological polar surface area (TPSA) is 51.6 Å². The summed E-state index contributed by atoms with van der Waals surface area (Å²) in [6, 6.07) is 16.5. The predicted molar refractivity (Wildman–Crippen MR) is 81.5 cm³/mol.